The lowest BCUT2D eigenvalue weighted by atomic mass is 10.1. The van der Waals surface area contributed by atoms with Gasteiger partial charge >= 0.3 is 5.97 Å². The van der Waals surface area contributed by atoms with Gasteiger partial charge in [0.15, 0.2) is 6.10 Å². The number of para-hydroxylation sites is 2. The summed E-state index contributed by atoms with van der Waals surface area (Å²) in [6, 6.07) is 13.3. The van der Waals surface area contributed by atoms with Crippen molar-refractivity contribution in [3.8, 4) is 0 Å². The van der Waals surface area contributed by atoms with Gasteiger partial charge in [-0.1, -0.05) is 42.0 Å². The Balaban J connectivity index is 1.95. The van der Waals surface area contributed by atoms with E-state index in [-0.39, 0.29) is 11.4 Å². The fourth-order valence-electron chi connectivity index (χ4n) is 2.08. The predicted octanol–water partition coefficient (Wildman–Crippen LogP) is 3.49. The Morgan fingerprint density at radius 1 is 1.15 bits per heavy atom. The summed E-state index contributed by atoms with van der Waals surface area (Å²) in [7, 11) is 0. The molecular formula is C19H18N2O5. The van der Waals surface area contributed by atoms with Crippen LogP contribution in [-0.4, -0.2) is 22.9 Å². The van der Waals surface area contributed by atoms with Crippen molar-refractivity contribution < 1.29 is 19.2 Å². The van der Waals surface area contributed by atoms with Crippen molar-refractivity contribution >= 4 is 29.3 Å². The second kappa shape index (κ2) is 8.57. The Bertz CT molecular complexity index is 843. The minimum atomic E-state index is -1.11. The summed E-state index contributed by atoms with van der Waals surface area (Å²) >= 11 is 0. The summed E-state index contributed by atoms with van der Waals surface area (Å²) in [5.41, 5.74) is 1.73. The molecule has 0 aliphatic heterocycles. The second-order valence-corrected chi connectivity index (χ2v) is 5.59. The monoisotopic (exact) mass is 354 g/mol. The highest BCUT2D eigenvalue weighted by Crippen LogP contribution is 2.23. The zero-order chi connectivity index (χ0) is 19.1. The summed E-state index contributed by atoms with van der Waals surface area (Å²) in [4.78, 5) is 34.3. The fraction of sp³-hybridized carbons (Fsp3) is 0.158. The molecule has 134 valence electrons. The van der Waals surface area contributed by atoms with Crippen LogP contribution in [0.5, 0.6) is 0 Å². The van der Waals surface area contributed by atoms with Crippen LogP contribution in [0.3, 0.4) is 0 Å². The van der Waals surface area contributed by atoms with E-state index in [1.54, 1.807) is 12.1 Å². The molecule has 0 fully saturated rings. The van der Waals surface area contributed by atoms with Gasteiger partial charge < -0.3 is 10.1 Å². The van der Waals surface area contributed by atoms with Gasteiger partial charge in [0.25, 0.3) is 11.6 Å². The second-order valence-electron chi connectivity index (χ2n) is 5.59. The molecule has 0 aliphatic carbocycles. The zero-order valence-corrected chi connectivity index (χ0v) is 14.3. The molecular weight excluding hydrogens is 336 g/mol. The van der Waals surface area contributed by atoms with E-state index in [1.165, 1.54) is 31.2 Å². The number of carbonyl (C=O) groups excluding carboxylic acids is 2. The van der Waals surface area contributed by atoms with Crippen LogP contribution in [0.4, 0.5) is 11.4 Å². The van der Waals surface area contributed by atoms with E-state index in [0.717, 1.165) is 11.1 Å². The molecule has 7 heteroatoms. The van der Waals surface area contributed by atoms with Crippen LogP contribution >= 0.6 is 0 Å². The lowest BCUT2D eigenvalue weighted by molar-refractivity contribution is -0.383. The van der Waals surface area contributed by atoms with E-state index < -0.39 is 22.9 Å². The van der Waals surface area contributed by atoms with Gasteiger partial charge in [-0.25, -0.2) is 4.79 Å². The van der Waals surface area contributed by atoms with Gasteiger partial charge in [0.2, 0.25) is 0 Å². The van der Waals surface area contributed by atoms with Gasteiger partial charge in [0, 0.05) is 12.1 Å². The number of nitro benzene ring substituents is 1. The van der Waals surface area contributed by atoms with E-state index in [0.29, 0.717) is 0 Å². The molecule has 0 spiro atoms. The molecule has 26 heavy (non-hydrogen) atoms. The van der Waals surface area contributed by atoms with E-state index in [1.807, 2.05) is 31.2 Å². The lowest BCUT2D eigenvalue weighted by Crippen LogP contribution is -2.29. The number of esters is 1. The Labute approximate surface area is 150 Å². The number of hydrogen-bond acceptors (Lipinski definition) is 5. The topological polar surface area (TPSA) is 98.5 Å². The molecule has 1 atom stereocenters. The van der Waals surface area contributed by atoms with Crippen LogP contribution in [0, 0.1) is 17.0 Å². The summed E-state index contributed by atoms with van der Waals surface area (Å²) < 4.78 is 5.02. The molecule has 2 aromatic carbocycles. The number of amides is 1. The third-order valence-electron chi connectivity index (χ3n) is 3.51. The summed E-state index contributed by atoms with van der Waals surface area (Å²) in [6.45, 7) is 3.35. The third-order valence-corrected chi connectivity index (χ3v) is 3.51. The molecule has 1 amide bonds. The minimum absolute atomic E-state index is 0.0422. The van der Waals surface area contributed by atoms with Gasteiger partial charge in [-0.3, -0.25) is 14.9 Å². The highest BCUT2D eigenvalue weighted by atomic mass is 16.6. The van der Waals surface area contributed by atoms with Gasteiger partial charge in [0.1, 0.15) is 5.69 Å². The molecule has 2 aromatic rings. The van der Waals surface area contributed by atoms with Crippen LogP contribution in [0.15, 0.2) is 54.6 Å². The van der Waals surface area contributed by atoms with Crippen molar-refractivity contribution in [2.24, 2.45) is 0 Å². The number of aryl methyl sites for hydroxylation is 1. The standard InChI is InChI=1S/C19H18N2O5/c1-13-7-9-15(10-8-13)11-12-18(22)26-14(2)19(23)20-16-5-3-4-6-17(16)21(24)25/h3-12,14H,1-2H3,(H,20,23)/b12-11+. The maximum Gasteiger partial charge on any atom is 0.331 e. The molecule has 1 N–H and O–H groups in total. The van der Waals surface area contributed by atoms with Crippen molar-refractivity contribution in [1.29, 1.82) is 0 Å². The first kappa shape index (κ1) is 18.9. The zero-order valence-electron chi connectivity index (χ0n) is 14.3. The predicted molar refractivity (Wildman–Crippen MR) is 97.5 cm³/mol. The van der Waals surface area contributed by atoms with Crippen molar-refractivity contribution in [2.45, 2.75) is 20.0 Å². The normalized spacial score (nSPS) is 11.8. The van der Waals surface area contributed by atoms with Crippen LogP contribution in [0.1, 0.15) is 18.1 Å². The summed E-state index contributed by atoms with van der Waals surface area (Å²) in [6.07, 6.45) is 1.69. The molecule has 7 nitrogen and oxygen atoms in total. The number of ether oxygens (including phenoxy) is 1. The number of carbonyl (C=O) groups is 2. The number of benzene rings is 2. The highest BCUT2D eigenvalue weighted by molar-refractivity contribution is 5.98. The number of rotatable bonds is 6. The van der Waals surface area contributed by atoms with Crippen molar-refractivity contribution in [3.63, 3.8) is 0 Å². The lowest BCUT2D eigenvalue weighted by Gasteiger charge is -2.12. The largest absolute Gasteiger partial charge is 0.449 e. The van der Waals surface area contributed by atoms with Crippen molar-refractivity contribution in [1.82, 2.24) is 0 Å². The first-order valence-electron chi connectivity index (χ1n) is 7.86. The minimum Gasteiger partial charge on any atom is -0.449 e. The average molecular weight is 354 g/mol. The van der Waals surface area contributed by atoms with Gasteiger partial charge in [0.05, 0.1) is 4.92 Å². The van der Waals surface area contributed by atoms with E-state index in [9.17, 15) is 19.7 Å². The molecule has 2 rings (SSSR count). The SMILES string of the molecule is Cc1ccc(/C=C/C(=O)OC(C)C(=O)Nc2ccccc2[N+](=O)[O-])cc1. The summed E-state index contributed by atoms with van der Waals surface area (Å²) in [5.74, 6) is -1.34. The Morgan fingerprint density at radius 2 is 1.81 bits per heavy atom. The van der Waals surface area contributed by atoms with E-state index in [2.05, 4.69) is 5.32 Å². The van der Waals surface area contributed by atoms with Crippen LogP contribution in [0.2, 0.25) is 0 Å². The number of hydrogen-bond donors (Lipinski definition) is 1. The quantitative estimate of drug-likeness (QED) is 0.370. The maximum atomic E-state index is 12.1. The summed E-state index contributed by atoms with van der Waals surface area (Å²) in [5, 5.41) is 13.3. The van der Waals surface area contributed by atoms with E-state index in [4.69, 9.17) is 4.74 Å². The third kappa shape index (κ3) is 5.27. The number of nitrogens with zero attached hydrogens (tertiary/aromatic N) is 1. The Kier molecular flexibility index (Phi) is 6.21. The first-order chi connectivity index (χ1) is 12.4. The first-order valence-corrected chi connectivity index (χ1v) is 7.86. The molecule has 0 saturated carbocycles. The molecule has 0 bridgehead atoms. The molecule has 0 radical (unpaired) electrons. The highest BCUT2D eigenvalue weighted by Gasteiger charge is 2.20. The van der Waals surface area contributed by atoms with Gasteiger partial charge in [-0.2, -0.15) is 0 Å². The number of nitro groups is 1. The van der Waals surface area contributed by atoms with Crippen LogP contribution in [-0.2, 0) is 14.3 Å². The maximum absolute atomic E-state index is 12.1. The van der Waals surface area contributed by atoms with E-state index >= 15 is 0 Å². The van der Waals surface area contributed by atoms with Gasteiger partial charge in [-0.05, 0) is 31.6 Å². The molecule has 0 heterocycles. The number of nitrogens with one attached hydrogen (secondary N) is 1. The number of anilines is 1. The van der Waals surface area contributed by atoms with Gasteiger partial charge in [-0.15, -0.1) is 0 Å². The fourth-order valence-corrected chi connectivity index (χ4v) is 2.08. The molecule has 0 aromatic heterocycles. The Morgan fingerprint density at radius 3 is 2.46 bits per heavy atom. The van der Waals surface area contributed by atoms with Crippen LogP contribution < -0.4 is 5.32 Å². The molecule has 0 saturated heterocycles. The Hall–Kier alpha value is -3.48. The van der Waals surface area contributed by atoms with Crippen LogP contribution in [0.25, 0.3) is 6.08 Å². The average Bonchev–Trinajstić information content (AvgIpc) is 2.61. The van der Waals surface area contributed by atoms with Crippen molar-refractivity contribution in [2.75, 3.05) is 5.32 Å². The molecule has 1 unspecified atom stereocenters. The van der Waals surface area contributed by atoms with Crippen molar-refractivity contribution in [3.05, 3.63) is 75.8 Å². The smallest absolute Gasteiger partial charge is 0.331 e. The molecule has 0 aliphatic rings.